The van der Waals surface area contributed by atoms with Crippen LogP contribution in [0, 0.1) is 13.8 Å². The number of anilines is 2. The maximum absolute atomic E-state index is 10.4. The number of nitrogens with one attached hydrogen (secondary N) is 1. The SMILES string of the molecule is Cc1ccc2n[nH]c(C)c2c1-c1nc2c(c(N3C[C@H](O)[C@H]3C)n1)CN(c1c(Cl)c(C3CC3)nn1C)CC2. The molecule has 192 valence electrons. The van der Waals surface area contributed by atoms with Crippen molar-refractivity contribution in [3.63, 3.8) is 0 Å². The fourth-order valence-corrected chi connectivity index (χ4v) is 6.36. The van der Waals surface area contributed by atoms with Crippen LogP contribution >= 0.6 is 11.6 Å². The van der Waals surface area contributed by atoms with E-state index in [1.807, 2.05) is 24.7 Å². The van der Waals surface area contributed by atoms with E-state index in [-0.39, 0.29) is 12.1 Å². The molecule has 7 rings (SSSR count). The third kappa shape index (κ3) is 3.47. The molecule has 0 unspecified atom stereocenters. The van der Waals surface area contributed by atoms with Crippen molar-refractivity contribution in [2.75, 3.05) is 22.9 Å². The maximum Gasteiger partial charge on any atom is 0.162 e. The highest BCUT2D eigenvalue weighted by Gasteiger charge is 2.39. The highest BCUT2D eigenvalue weighted by atomic mass is 35.5. The van der Waals surface area contributed by atoms with Crippen molar-refractivity contribution >= 4 is 34.1 Å². The quantitative estimate of drug-likeness (QED) is 0.420. The minimum absolute atomic E-state index is 0.00321. The summed E-state index contributed by atoms with van der Waals surface area (Å²) >= 11 is 6.88. The van der Waals surface area contributed by atoms with Gasteiger partial charge in [-0.15, -0.1) is 0 Å². The smallest absolute Gasteiger partial charge is 0.162 e. The van der Waals surface area contributed by atoms with Gasteiger partial charge in [-0.1, -0.05) is 17.7 Å². The zero-order valence-corrected chi connectivity index (χ0v) is 22.3. The van der Waals surface area contributed by atoms with E-state index in [4.69, 9.17) is 26.7 Å². The van der Waals surface area contributed by atoms with Gasteiger partial charge in [0, 0.05) is 61.2 Å². The summed E-state index contributed by atoms with van der Waals surface area (Å²) in [5, 5.41) is 24.6. The van der Waals surface area contributed by atoms with Crippen LogP contribution in [0.15, 0.2) is 12.1 Å². The van der Waals surface area contributed by atoms with Crippen molar-refractivity contribution in [1.29, 1.82) is 0 Å². The first-order valence-electron chi connectivity index (χ1n) is 13.1. The molecule has 9 nitrogen and oxygen atoms in total. The molecule has 10 heteroatoms. The van der Waals surface area contributed by atoms with Crippen LogP contribution in [0.3, 0.4) is 0 Å². The van der Waals surface area contributed by atoms with Gasteiger partial charge in [0.05, 0.1) is 29.1 Å². The average Bonchev–Trinajstić information content (AvgIpc) is 3.60. The van der Waals surface area contributed by atoms with Crippen LogP contribution in [0.4, 0.5) is 11.6 Å². The average molecular weight is 519 g/mol. The van der Waals surface area contributed by atoms with Crippen LogP contribution in [0.5, 0.6) is 0 Å². The highest BCUT2D eigenvalue weighted by Crippen LogP contribution is 2.46. The molecule has 1 saturated carbocycles. The molecule has 0 amide bonds. The Morgan fingerprint density at radius 3 is 2.70 bits per heavy atom. The van der Waals surface area contributed by atoms with Gasteiger partial charge in [0.25, 0.3) is 0 Å². The predicted octanol–water partition coefficient (Wildman–Crippen LogP) is 4.03. The Morgan fingerprint density at radius 2 is 1.97 bits per heavy atom. The maximum atomic E-state index is 10.4. The van der Waals surface area contributed by atoms with Gasteiger partial charge < -0.3 is 14.9 Å². The van der Waals surface area contributed by atoms with E-state index in [9.17, 15) is 5.11 Å². The predicted molar refractivity (Wildman–Crippen MR) is 144 cm³/mol. The summed E-state index contributed by atoms with van der Waals surface area (Å²) < 4.78 is 1.93. The van der Waals surface area contributed by atoms with Crippen LogP contribution in [-0.4, -0.2) is 60.3 Å². The number of aliphatic hydroxyl groups is 1. The monoisotopic (exact) mass is 518 g/mol. The molecule has 37 heavy (non-hydrogen) atoms. The van der Waals surface area contributed by atoms with E-state index >= 15 is 0 Å². The normalized spacial score (nSPS) is 21.5. The second-order valence-corrected chi connectivity index (χ2v) is 11.2. The Labute approximate surface area is 220 Å². The Morgan fingerprint density at radius 1 is 1.16 bits per heavy atom. The van der Waals surface area contributed by atoms with Crippen LogP contribution in [0.1, 0.15) is 53.9 Å². The molecule has 4 aromatic rings. The van der Waals surface area contributed by atoms with Gasteiger partial charge in [-0.2, -0.15) is 10.2 Å². The molecule has 2 N–H and O–H groups in total. The Balaban J connectivity index is 1.36. The number of benzene rings is 1. The number of aromatic nitrogens is 6. The van der Waals surface area contributed by atoms with E-state index in [0.29, 0.717) is 19.0 Å². The zero-order valence-electron chi connectivity index (χ0n) is 21.6. The number of hydrogen-bond acceptors (Lipinski definition) is 7. The van der Waals surface area contributed by atoms with Crippen molar-refractivity contribution in [3.8, 4) is 11.4 Å². The van der Waals surface area contributed by atoms with Crippen LogP contribution < -0.4 is 9.80 Å². The summed E-state index contributed by atoms with van der Waals surface area (Å²) in [4.78, 5) is 14.9. The van der Waals surface area contributed by atoms with Gasteiger partial charge in [0.15, 0.2) is 5.82 Å². The van der Waals surface area contributed by atoms with E-state index in [1.165, 1.54) is 0 Å². The molecule has 1 saturated heterocycles. The van der Waals surface area contributed by atoms with E-state index in [1.54, 1.807) is 0 Å². The van der Waals surface area contributed by atoms with Crippen LogP contribution in [0.2, 0.25) is 5.02 Å². The lowest BCUT2D eigenvalue weighted by molar-refractivity contribution is 0.0985. The number of β-amino-alcohol motifs (C(OH)–C–C–N with tert-alkyl or cyclic N) is 1. The number of rotatable bonds is 4. The summed E-state index contributed by atoms with van der Waals surface area (Å²) in [5.41, 5.74) is 7.25. The number of fused-ring (bicyclic) bond motifs is 2. The van der Waals surface area contributed by atoms with Gasteiger partial charge in [0.1, 0.15) is 16.7 Å². The van der Waals surface area contributed by atoms with Crippen LogP contribution in [0.25, 0.3) is 22.3 Å². The molecular weight excluding hydrogens is 488 g/mol. The molecule has 0 bridgehead atoms. The number of halogens is 1. The van der Waals surface area contributed by atoms with Gasteiger partial charge in [-0.3, -0.25) is 9.78 Å². The Bertz CT molecular complexity index is 1550. The minimum atomic E-state index is -0.359. The third-order valence-corrected chi connectivity index (χ3v) is 8.69. The van der Waals surface area contributed by atoms with Crippen molar-refractivity contribution in [2.24, 2.45) is 7.05 Å². The standard InChI is InChI=1S/C27H31ClN8O/c1-13-5-8-19-22(14(2)31-32-19)21(13)25-29-18-9-10-35(27-23(28)24(16-6-7-16)33-34(27)4)11-17(18)26(30-25)36-12-20(37)15(36)3/h5,8,15-16,20,37H,6-7,9-12H2,1-4H3,(H,31,32)/t15-,20+/m1/s1. The molecule has 2 aliphatic heterocycles. The van der Waals surface area contributed by atoms with Crippen molar-refractivity contribution in [3.05, 3.63) is 45.4 Å². The summed E-state index contributed by atoms with van der Waals surface area (Å²) in [5.74, 6) is 3.08. The molecule has 2 fully saturated rings. The second kappa shape index (κ2) is 8.16. The molecule has 1 aromatic carbocycles. The number of H-pyrrole nitrogens is 1. The fraction of sp³-hybridized carbons (Fsp3) is 0.481. The van der Waals surface area contributed by atoms with E-state index in [2.05, 4.69) is 39.9 Å². The van der Waals surface area contributed by atoms with Gasteiger partial charge in [-0.05, 0) is 45.2 Å². The number of aliphatic hydroxyl groups excluding tert-OH is 1. The molecular formula is C27H31ClN8O. The van der Waals surface area contributed by atoms with Crippen LogP contribution in [-0.2, 0) is 20.0 Å². The lowest BCUT2D eigenvalue weighted by atomic mass is 9.97. The minimum Gasteiger partial charge on any atom is -0.389 e. The van der Waals surface area contributed by atoms with E-state index in [0.717, 1.165) is 93.0 Å². The Kier molecular flexibility index (Phi) is 5.07. The first-order chi connectivity index (χ1) is 17.8. The zero-order chi connectivity index (χ0) is 25.6. The largest absolute Gasteiger partial charge is 0.389 e. The number of hydrogen-bond donors (Lipinski definition) is 2. The third-order valence-electron chi connectivity index (χ3n) is 8.33. The summed E-state index contributed by atoms with van der Waals surface area (Å²) in [6.07, 6.45) is 2.75. The fourth-order valence-electron chi connectivity index (χ4n) is 5.92. The topological polar surface area (TPSA) is 99.0 Å². The molecule has 0 spiro atoms. The second-order valence-electron chi connectivity index (χ2n) is 10.8. The van der Waals surface area contributed by atoms with Gasteiger partial charge in [0.2, 0.25) is 0 Å². The number of aromatic amines is 1. The van der Waals surface area contributed by atoms with Gasteiger partial charge in [-0.25, -0.2) is 9.97 Å². The number of aryl methyl sites for hydroxylation is 3. The molecule has 2 atom stereocenters. The molecule has 3 aliphatic rings. The van der Waals surface area contributed by atoms with Crippen molar-refractivity contribution in [2.45, 2.75) is 64.6 Å². The number of nitrogens with zero attached hydrogens (tertiary/aromatic N) is 7. The lowest BCUT2D eigenvalue weighted by Crippen LogP contribution is -2.59. The molecule has 5 heterocycles. The highest BCUT2D eigenvalue weighted by molar-refractivity contribution is 6.33. The first-order valence-corrected chi connectivity index (χ1v) is 13.5. The molecule has 3 aromatic heterocycles. The summed E-state index contributed by atoms with van der Waals surface area (Å²) in [6, 6.07) is 4.12. The molecule has 0 radical (unpaired) electrons. The molecule has 1 aliphatic carbocycles. The van der Waals surface area contributed by atoms with Gasteiger partial charge >= 0.3 is 0 Å². The lowest BCUT2D eigenvalue weighted by Gasteiger charge is -2.46. The first kappa shape index (κ1) is 23.0. The summed E-state index contributed by atoms with van der Waals surface area (Å²) in [7, 11) is 1.98. The van der Waals surface area contributed by atoms with Crippen molar-refractivity contribution in [1.82, 2.24) is 29.9 Å². The van der Waals surface area contributed by atoms with E-state index < -0.39 is 0 Å². The van der Waals surface area contributed by atoms with Crippen molar-refractivity contribution < 1.29 is 5.11 Å². The Hall–Kier alpha value is -3.17. The summed E-state index contributed by atoms with van der Waals surface area (Å²) in [6.45, 7) is 8.21.